The van der Waals surface area contributed by atoms with E-state index in [0.29, 0.717) is 22.7 Å². The van der Waals surface area contributed by atoms with E-state index < -0.39 is 0 Å². The molecule has 0 radical (unpaired) electrons. The van der Waals surface area contributed by atoms with Gasteiger partial charge in [-0.15, -0.1) is 0 Å². The van der Waals surface area contributed by atoms with Gasteiger partial charge in [-0.05, 0) is 105 Å². The number of amides is 2. The summed E-state index contributed by atoms with van der Waals surface area (Å²) in [6, 6.07) is 23.3. The lowest BCUT2D eigenvalue weighted by atomic mass is 9.90. The molecule has 1 fully saturated rings. The number of piperidine rings is 1. The Morgan fingerprint density at radius 3 is 2.29 bits per heavy atom. The largest absolute Gasteiger partial charge is 0.322 e. The minimum Gasteiger partial charge on any atom is -0.322 e. The minimum absolute atomic E-state index is 0.000674. The first-order valence-corrected chi connectivity index (χ1v) is 12.3. The van der Waals surface area contributed by atoms with Crippen molar-refractivity contribution in [1.82, 2.24) is 5.32 Å². The van der Waals surface area contributed by atoms with Crippen LogP contribution in [0.1, 0.15) is 63.4 Å². The van der Waals surface area contributed by atoms with Gasteiger partial charge in [-0.1, -0.05) is 30.3 Å². The topological polar surface area (TPSA) is 61.4 Å². The lowest BCUT2D eigenvalue weighted by Gasteiger charge is -2.23. The second-order valence-electron chi connectivity index (χ2n) is 9.22. The molecular formula is C29H31N3O2. The van der Waals surface area contributed by atoms with Gasteiger partial charge in [0, 0.05) is 29.0 Å². The van der Waals surface area contributed by atoms with Crippen molar-refractivity contribution in [2.75, 3.05) is 29.9 Å². The van der Waals surface area contributed by atoms with Crippen LogP contribution in [0.5, 0.6) is 0 Å². The van der Waals surface area contributed by atoms with E-state index in [1.54, 1.807) is 24.3 Å². The quantitative estimate of drug-likeness (QED) is 0.557. The van der Waals surface area contributed by atoms with Crippen LogP contribution in [0.4, 0.5) is 11.4 Å². The van der Waals surface area contributed by atoms with E-state index >= 15 is 0 Å². The molecule has 1 saturated heterocycles. The van der Waals surface area contributed by atoms with Crippen LogP contribution in [-0.4, -0.2) is 31.4 Å². The zero-order valence-corrected chi connectivity index (χ0v) is 19.4. The van der Waals surface area contributed by atoms with E-state index in [2.05, 4.69) is 28.8 Å². The molecule has 2 aliphatic rings. The fourth-order valence-corrected chi connectivity index (χ4v) is 5.02. The zero-order chi connectivity index (χ0) is 23.3. The van der Waals surface area contributed by atoms with E-state index in [0.717, 1.165) is 57.4 Å². The summed E-state index contributed by atoms with van der Waals surface area (Å²) in [5.74, 6) is 0.428. The predicted octanol–water partition coefficient (Wildman–Crippen LogP) is 5.39. The number of carbonyl (C=O) groups is 2. The highest BCUT2D eigenvalue weighted by molar-refractivity contribution is 6.07. The monoisotopic (exact) mass is 453 g/mol. The summed E-state index contributed by atoms with van der Waals surface area (Å²) >= 11 is 0. The Balaban J connectivity index is 1.24. The Morgan fingerprint density at radius 1 is 0.824 bits per heavy atom. The van der Waals surface area contributed by atoms with E-state index in [9.17, 15) is 9.59 Å². The van der Waals surface area contributed by atoms with Gasteiger partial charge in [0.15, 0.2) is 0 Å². The van der Waals surface area contributed by atoms with Crippen molar-refractivity contribution in [2.24, 2.45) is 0 Å². The lowest BCUT2D eigenvalue weighted by Crippen LogP contribution is -2.31. The molecule has 0 unspecified atom stereocenters. The van der Waals surface area contributed by atoms with Crippen molar-refractivity contribution in [3.8, 4) is 0 Å². The summed E-state index contributed by atoms with van der Waals surface area (Å²) in [6.07, 6.45) is 5.36. The predicted molar refractivity (Wildman–Crippen MR) is 137 cm³/mol. The molecule has 0 spiro atoms. The zero-order valence-electron chi connectivity index (χ0n) is 19.4. The first kappa shape index (κ1) is 22.4. The lowest BCUT2D eigenvalue weighted by molar-refractivity contribution is 0.0985. The fraction of sp³-hybridized carbons (Fsp3) is 0.310. The van der Waals surface area contributed by atoms with Crippen molar-refractivity contribution >= 4 is 23.2 Å². The molecule has 2 heterocycles. The number of hydrogen-bond acceptors (Lipinski definition) is 3. The van der Waals surface area contributed by atoms with Gasteiger partial charge < -0.3 is 15.5 Å². The molecule has 3 aromatic carbocycles. The van der Waals surface area contributed by atoms with E-state index in [1.807, 2.05) is 35.2 Å². The van der Waals surface area contributed by atoms with Gasteiger partial charge in [-0.25, -0.2) is 0 Å². The van der Waals surface area contributed by atoms with E-state index in [1.165, 1.54) is 11.1 Å². The number of rotatable bonds is 4. The Morgan fingerprint density at radius 2 is 1.53 bits per heavy atom. The number of aryl methyl sites for hydroxylation is 1. The molecule has 2 aliphatic heterocycles. The van der Waals surface area contributed by atoms with Gasteiger partial charge in [0.2, 0.25) is 0 Å². The maximum absolute atomic E-state index is 13.3. The number of benzene rings is 3. The highest BCUT2D eigenvalue weighted by Crippen LogP contribution is 2.28. The summed E-state index contributed by atoms with van der Waals surface area (Å²) in [6.45, 7) is 2.83. The normalized spacial score (nSPS) is 16.4. The standard InChI is InChI=1S/C29H31N3O2/c33-28(24-10-8-21(9-11-24)22-16-18-30-19-17-22)31-26-14-12-25(13-15-26)29(34)32-20-4-3-6-23-5-1-2-7-27(23)32/h1-2,5,7-15,22,30H,3-4,6,16-20H2,(H,31,33). The Labute approximate surface area is 201 Å². The second kappa shape index (κ2) is 10.2. The van der Waals surface area contributed by atoms with Gasteiger partial charge in [0.25, 0.3) is 11.8 Å². The number of para-hydroxylation sites is 1. The molecule has 3 aromatic rings. The Kier molecular flexibility index (Phi) is 6.72. The summed E-state index contributed by atoms with van der Waals surface area (Å²) in [7, 11) is 0. The average Bonchev–Trinajstić information content (AvgIpc) is 3.12. The first-order valence-electron chi connectivity index (χ1n) is 12.3. The molecule has 0 atom stereocenters. The van der Waals surface area contributed by atoms with Gasteiger partial charge >= 0.3 is 0 Å². The molecule has 0 aromatic heterocycles. The van der Waals surface area contributed by atoms with Gasteiger partial charge in [-0.2, -0.15) is 0 Å². The third kappa shape index (κ3) is 4.90. The molecule has 2 N–H and O–H groups in total. The molecule has 34 heavy (non-hydrogen) atoms. The number of carbonyl (C=O) groups excluding carboxylic acids is 2. The first-order chi connectivity index (χ1) is 16.7. The fourth-order valence-electron chi connectivity index (χ4n) is 5.02. The van der Waals surface area contributed by atoms with Crippen molar-refractivity contribution < 1.29 is 9.59 Å². The molecule has 0 bridgehead atoms. The number of nitrogens with one attached hydrogen (secondary N) is 2. The van der Waals surface area contributed by atoms with E-state index in [-0.39, 0.29) is 11.8 Å². The molecule has 2 amide bonds. The smallest absolute Gasteiger partial charge is 0.258 e. The highest BCUT2D eigenvalue weighted by Gasteiger charge is 2.22. The highest BCUT2D eigenvalue weighted by atomic mass is 16.2. The van der Waals surface area contributed by atoms with Gasteiger partial charge in [-0.3, -0.25) is 9.59 Å². The maximum atomic E-state index is 13.3. The molecule has 174 valence electrons. The average molecular weight is 454 g/mol. The Bertz CT molecular complexity index is 1150. The third-order valence-corrected chi connectivity index (χ3v) is 6.98. The molecule has 5 rings (SSSR count). The molecule has 5 nitrogen and oxygen atoms in total. The molecule has 0 aliphatic carbocycles. The van der Waals surface area contributed by atoms with Crippen LogP contribution in [-0.2, 0) is 6.42 Å². The Hall–Kier alpha value is -3.44. The summed E-state index contributed by atoms with van der Waals surface area (Å²) in [4.78, 5) is 27.9. The van der Waals surface area contributed by atoms with Crippen molar-refractivity contribution in [3.05, 3.63) is 95.1 Å². The number of hydrogen-bond donors (Lipinski definition) is 2. The SMILES string of the molecule is O=C(Nc1ccc(C(=O)N2CCCCc3ccccc32)cc1)c1ccc(C2CCNCC2)cc1. The van der Waals surface area contributed by atoms with Crippen molar-refractivity contribution in [1.29, 1.82) is 0 Å². The summed E-state index contributed by atoms with van der Waals surface area (Å²) < 4.78 is 0. The third-order valence-electron chi connectivity index (χ3n) is 6.98. The van der Waals surface area contributed by atoms with Crippen LogP contribution < -0.4 is 15.5 Å². The molecular weight excluding hydrogens is 422 g/mol. The molecule has 5 heteroatoms. The number of nitrogens with zero attached hydrogens (tertiary/aromatic N) is 1. The van der Waals surface area contributed by atoms with Gasteiger partial charge in [0.05, 0.1) is 0 Å². The molecule has 0 saturated carbocycles. The van der Waals surface area contributed by atoms with Crippen molar-refractivity contribution in [2.45, 2.75) is 38.0 Å². The van der Waals surface area contributed by atoms with Gasteiger partial charge in [0.1, 0.15) is 0 Å². The maximum Gasteiger partial charge on any atom is 0.258 e. The summed E-state index contributed by atoms with van der Waals surface area (Å²) in [5.41, 5.74) is 5.48. The van der Waals surface area contributed by atoms with E-state index in [4.69, 9.17) is 0 Å². The van der Waals surface area contributed by atoms with Crippen LogP contribution in [0.3, 0.4) is 0 Å². The van der Waals surface area contributed by atoms with Crippen LogP contribution in [0.25, 0.3) is 0 Å². The van der Waals surface area contributed by atoms with Crippen LogP contribution >= 0.6 is 0 Å². The second-order valence-corrected chi connectivity index (χ2v) is 9.22. The van der Waals surface area contributed by atoms with Crippen molar-refractivity contribution in [3.63, 3.8) is 0 Å². The van der Waals surface area contributed by atoms with Crippen LogP contribution in [0.2, 0.25) is 0 Å². The number of anilines is 2. The van der Waals surface area contributed by atoms with Crippen LogP contribution in [0.15, 0.2) is 72.8 Å². The number of fused-ring (bicyclic) bond motifs is 1. The van der Waals surface area contributed by atoms with Crippen LogP contribution in [0, 0.1) is 0 Å². The summed E-state index contributed by atoms with van der Waals surface area (Å²) in [5, 5.41) is 6.34. The minimum atomic E-state index is -0.141.